The fraction of sp³-hybridized carbons (Fsp3) is 0.182. The predicted octanol–water partition coefficient (Wildman–Crippen LogP) is 4.18. The number of nitrogens with zero attached hydrogens (tertiary/aromatic N) is 5. The van der Waals surface area contributed by atoms with Gasteiger partial charge in [0, 0.05) is 37.3 Å². The summed E-state index contributed by atoms with van der Waals surface area (Å²) >= 11 is 5.71. The van der Waals surface area contributed by atoms with Crippen molar-refractivity contribution >= 4 is 23.2 Å². The van der Waals surface area contributed by atoms with Gasteiger partial charge in [0.1, 0.15) is 5.82 Å². The molecule has 35 heavy (non-hydrogen) atoms. The van der Waals surface area contributed by atoms with E-state index >= 15 is 0 Å². The topological polar surface area (TPSA) is 97.9 Å². The lowest BCUT2D eigenvalue weighted by Crippen LogP contribution is -2.27. The molecule has 1 aromatic carbocycles. The maximum absolute atomic E-state index is 13.9. The minimum atomic E-state index is -4.68. The van der Waals surface area contributed by atoms with Crippen LogP contribution in [0.1, 0.15) is 17.3 Å². The molecule has 0 amide bonds. The van der Waals surface area contributed by atoms with E-state index in [1.807, 2.05) is 0 Å². The molecule has 13 heteroatoms. The van der Waals surface area contributed by atoms with Gasteiger partial charge in [-0.3, -0.25) is 9.48 Å². The van der Waals surface area contributed by atoms with Crippen LogP contribution >= 0.6 is 11.6 Å². The third-order valence-corrected chi connectivity index (χ3v) is 5.39. The van der Waals surface area contributed by atoms with Crippen molar-refractivity contribution in [3.05, 3.63) is 87.4 Å². The smallest absolute Gasteiger partial charge is 0.394 e. The van der Waals surface area contributed by atoms with E-state index in [4.69, 9.17) is 11.6 Å². The number of anilines is 2. The Balaban J connectivity index is 1.64. The van der Waals surface area contributed by atoms with Crippen LogP contribution in [0, 0.1) is 5.82 Å². The summed E-state index contributed by atoms with van der Waals surface area (Å²) in [6, 6.07) is 7.37. The van der Waals surface area contributed by atoms with E-state index in [2.05, 4.69) is 20.4 Å². The van der Waals surface area contributed by atoms with Crippen LogP contribution in [-0.4, -0.2) is 36.0 Å². The number of hydrogen-bond donors (Lipinski definition) is 2. The Morgan fingerprint density at radius 3 is 2.63 bits per heavy atom. The first kappa shape index (κ1) is 24.4. The quantitative estimate of drug-likeness (QED) is 0.379. The van der Waals surface area contributed by atoms with Gasteiger partial charge >= 0.3 is 6.18 Å². The van der Waals surface area contributed by atoms with Gasteiger partial charge in [0.2, 0.25) is 5.95 Å². The molecule has 0 radical (unpaired) electrons. The summed E-state index contributed by atoms with van der Waals surface area (Å²) in [5, 5.41) is 15.7. The summed E-state index contributed by atoms with van der Waals surface area (Å²) in [7, 11) is 1.35. The molecule has 4 rings (SSSR count). The van der Waals surface area contributed by atoms with Gasteiger partial charge in [0.25, 0.3) is 5.56 Å². The summed E-state index contributed by atoms with van der Waals surface area (Å²) in [6.07, 6.45) is -0.799. The van der Waals surface area contributed by atoms with E-state index in [1.165, 1.54) is 54.3 Å². The highest BCUT2D eigenvalue weighted by Gasteiger charge is 2.37. The Morgan fingerprint density at radius 1 is 1.20 bits per heavy atom. The lowest BCUT2D eigenvalue weighted by molar-refractivity contribution is -0.140. The van der Waals surface area contributed by atoms with Gasteiger partial charge in [-0.15, -0.1) is 0 Å². The molecule has 0 bridgehead atoms. The van der Waals surface area contributed by atoms with E-state index in [1.54, 1.807) is 0 Å². The number of halogens is 5. The number of benzene rings is 1. The zero-order chi connectivity index (χ0) is 25.3. The number of hydrogen-bond acceptors (Lipinski definition) is 6. The van der Waals surface area contributed by atoms with Crippen molar-refractivity contribution < 1.29 is 22.7 Å². The lowest BCUT2D eigenvalue weighted by atomic mass is 10.1. The first-order valence-corrected chi connectivity index (χ1v) is 10.4. The summed E-state index contributed by atoms with van der Waals surface area (Å²) < 4.78 is 55.7. The van der Waals surface area contributed by atoms with Gasteiger partial charge in [-0.25, -0.2) is 14.4 Å². The van der Waals surface area contributed by atoms with Crippen LogP contribution in [-0.2, 0) is 13.2 Å². The third kappa shape index (κ3) is 5.17. The number of nitrogens with one attached hydrogen (secondary N) is 1. The van der Waals surface area contributed by atoms with Gasteiger partial charge in [-0.05, 0) is 29.8 Å². The van der Waals surface area contributed by atoms with E-state index in [9.17, 15) is 27.5 Å². The molecular formula is C22H17ClF4N6O2. The second-order valence-corrected chi connectivity index (χ2v) is 7.89. The monoisotopic (exact) mass is 508 g/mol. The van der Waals surface area contributed by atoms with Crippen molar-refractivity contribution in [1.82, 2.24) is 24.3 Å². The number of rotatable bonds is 6. The largest absolute Gasteiger partial charge is 0.437 e. The Bertz CT molecular complexity index is 1440. The number of aromatic nitrogens is 5. The highest BCUT2D eigenvalue weighted by Crippen LogP contribution is 2.34. The van der Waals surface area contributed by atoms with E-state index in [0.717, 1.165) is 16.9 Å². The maximum Gasteiger partial charge on any atom is 0.437 e. The molecule has 0 saturated carbocycles. The summed E-state index contributed by atoms with van der Waals surface area (Å²) in [5.41, 5.74) is -0.995. The molecular weight excluding hydrogens is 492 g/mol. The molecule has 182 valence electrons. The SMILES string of the molecule is Cn1cc(Nc2nccc(-c3ccn([C@H](CO)c4ccc(Cl)c(F)c4)c(=O)c3)n2)c(C(F)(F)F)n1. The summed E-state index contributed by atoms with van der Waals surface area (Å²) in [4.78, 5) is 20.9. The molecule has 2 N–H and O–H groups in total. The normalized spacial score (nSPS) is 12.5. The van der Waals surface area contributed by atoms with Crippen molar-refractivity contribution in [2.45, 2.75) is 12.2 Å². The van der Waals surface area contributed by atoms with Crippen molar-refractivity contribution in [3.63, 3.8) is 0 Å². The second-order valence-electron chi connectivity index (χ2n) is 7.49. The molecule has 0 unspecified atom stereocenters. The van der Waals surface area contributed by atoms with E-state index in [0.29, 0.717) is 11.1 Å². The molecule has 0 aliphatic rings. The zero-order valence-electron chi connectivity index (χ0n) is 18.0. The standard InChI is InChI=1S/C22H17ClF4N6O2/c1-32-10-17(20(31-32)22(25,26)27)30-21-28-6-4-16(29-21)12-5-7-33(19(35)9-12)18(11-34)13-2-3-14(23)15(24)8-13/h2-10,18,34H,11H2,1H3,(H,28,29,30)/t18-/m1/s1. The van der Waals surface area contributed by atoms with Crippen LogP contribution in [0.25, 0.3) is 11.3 Å². The average molecular weight is 509 g/mol. The molecule has 3 heterocycles. The summed E-state index contributed by atoms with van der Waals surface area (Å²) in [5.74, 6) is -0.814. The van der Waals surface area contributed by atoms with Crippen LogP contribution in [0.15, 0.2) is 59.8 Å². The van der Waals surface area contributed by atoms with Crippen LogP contribution < -0.4 is 10.9 Å². The van der Waals surface area contributed by atoms with Gasteiger partial charge in [0.15, 0.2) is 5.69 Å². The van der Waals surface area contributed by atoms with Crippen molar-refractivity contribution in [3.8, 4) is 11.3 Å². The number of aliphatic hydroxyl groups excluding tert-OH is 1. The summed E-state index contributed by atoms with van der Waals surface area (Å²) in [6.45, 7) is -0.478. The molecule has 0 aliphatic heterocycles. The van der Waals surface area contributed by atoms with Gasteiger partial charge < -0.3 is 15.0 Å². The molecule has 0 fully saturated rings. The third-order valence-electron chi connectivity index (χ3n) is 5.08. The number of aliphatic hydroxyl groups is 1. The molecule has 3 aromatic heterocycles. The fourth-order valence-electron chi connectivity index (χ4n) is 3.47. The second kappa shape index (κ2) is 9.47. The fourth-order valence-corrected chi connectivity index (χ4v) is 3.59. The minimum absolute atomic E-state index is 0.0880. The average Bonchev–Trinajstić information content (AvgIpc) is 3.18. The van der Waals surface area contributed by atoms with Crippen LogP contribution in [0.3, 0.4) is 0 Å². The zero-order valence-corrected chi connectivity index (χ0v) is 18.7. The number of alkyl halides is 3. The molecule has 0 spiro atoms. The minimum Gasteiger partial charge on any atom is -0.394 e. The van der Waals surface area contributed by atoms with Gasteiger partial charge in [-0.2, -0.15) is 18.3 Å². The van der Waals surface area contributed by atoms with Crippen LogP contribution in [0.2, 0.25) is 5.02 Å². The Labute approximate surface area is 200 Å². The number of aryl methyl sites for hydroxylation is 1. The Morgan fingerprint density at radius 2 is 1.97 bits per heavy atom. The first-order valence-electron chi connectivity index (χ1n) is 10.1. The highest BCUT2D eigenvalue weighted by atomic mass is 35.5. The van der Waals surface area contributed by atoms with Gasteiger partial charge in [-0.1, -0.05) is 17.7 Å². The van der Waals surface area contributed by atoms with E-state index < -0.39 is 35.9 Å². The van der Waals surface area contributed by atoms with E-state index in [-0.39, 0.29) is 22.4 Å². The highest BCUT2D eigenvalue weighted by molar-refractivity contribution is 6.30. The lowest BCUT2D eigenvalue weighted by Gasteiger charge is -2.18. The van der Waals surface area contributed by atoms with Crippen LogP contribution in [0.4, 0.5) is 29.2 Å². The molecule has 0 saturated heterocycles. The predicted molar refractivity (Wildman–Crippen MR) is 120 cm³/mol. The molecule has 0 aliphatic carbocycles. The van der Waals surface area contributed by atoms with Gasteiger partial charge in [0.05, 0.1) is 29.1 Å². The Hall–Kier alpha value is -3.77. The molecule has 8 nitrogen and oxygen atoms in total. The van der Waals surface area contributed by atoms with Crippen LogP contribution in [0.5, 0.6) is 0 Å². The maximum atomic E-state index is 13.9. The van der Waals surface area contributed by atoms with Crippen molar-refractivity contribution in [2.75, 3.05) is 11.9 Å². The Kier molecular flexibility index (Phi) is 6.59. The van der Waals surface area contributed by atoms with Crippen molar-refractivity contribution in [1.29, 1.82) is 0 Å². The van der Waals surface area contributed by atoms with Crippen molar-refractivity contribution in [2.24, 2.45) is 7.05 Å². The molecule has 1 atom stereocenters. The first-order chi connectivity index (χ1) is 16.6. The number of pyridine rings is 1. The molecule has 4 aromatic rings.